The molecule has 12 rings (SSSR count). The van der Waals surface area contributed by atoms with Crippen molar-refractivity contribution >= 4 is 32.8 Å². The first-order valence-electron chi connectivity index (χ1n) is 21.9. The molecule has 5 nitrogen and oxygen atoms in total. The zero-order chi connectivity index (χ0) is 43.5. The number of para-hydroxylation sites is 2. The summed E-state index contributed by atoms with van der Waals surface area (Å²) in [5, 5.41) is 3.14. The van der Waals surface area contributed by atoms with Crippen molar-refractivity contribution in [3.8, 4) is 56.7 Å². The first-order chi connectivity index (χ1) is 32.1. The largest absolute Gasteiger partial charge is 0.456 e. The molecule has 0 saturated carbocycles. The summed E-state index contributed by atoms with van der Waals surface area (Å²) in [6.45, 7) is 6.23. The molecule has 1 aliphatic heterocycles. The number of benzene rings is 8. The van der Waals surface area contributed by atoms with E-state index in [4.69, 9.17) is 24.7 Å². The molecule has 0 atom stereocenters. The van der Waals surface area contributed by atoms with Gasteiger partial charge in [-0.2, -0.15) is 0 Å². The van der Waals surface area contributed by atoms with Crippen molar-refractivity contribution in [2.75, 3.05) is 0 Å². The van der Waals surface area contributed by atoms with Crippen molar-refractivity contribution in [3.05, 3.63) is 253 Å². The van der Waals surface area contributed by atoms with Gasteiger partial charge in [0.25, 0.3) is 0 Å². The lowest BCUT2D eigenvalue weighted by Crippen LogP contribution is -2.32. The van der Waals surface area contributed by atoms with Crippen LogP contribution in [0.2, 0.25) is 0 Å². The van der Waals surface area contributed by atoms with E-state index in [1.165, 1.54) is 22.3 Å². The van der Waals surface area contributed by atoms with Crippen LogP contribution in [0, 0.1) is 0 Å². The number of nitrogens with zero attached hydrogens (tertiary/aromatic N) is 4. The van der Waals surface area contributed by atoms with Gasteiger partial charge in [-0.15, -0.1) is 0 Å². The maximum absolute atomic E-state index is 7.14. The van der Waals surface area contributed by atoms with E-state index in [-0.39, 0.29) is 0 Å². The summed E-state index contributed by atoms with van der Waals surface area (Å²) in [5.74, 6) is 3.61. The van der Waals surface area contributed by atoms with Crippen LogP contribution in [0.1, 0.15) is 40.6 Å². The first-order valence-corrected chi connectivity index (χ1v) is 21.9. The summed E-state index contributed by atoms with van der Waals surface area (Å²) in [6, 6.07) is 67.9. The van der Waals surface area contributed by atoms with Crippen LogP contribution >= 0.6 is 0 Å². The minimum atomic E-state index is -0.560. The predicted octanol–water partition coefficient (Wildman–Crippen LogP) is 14.7. The van der Waals surface area contributed by atoms with Gasteiger partial charge in [-0.3, -0.25) is 0 Å². The number of pyridine rings is 1. The van der Waals surface area contributed by atoms with Crippen molar-refractivity contribution < 1.29 is 4.74 Å². The molecule has 3 heterocycles. The second kappa shape index (κ2) is 15.4. The van der Waals surface area contributed by atoms with E-state index >= 15 is 0 Å². The standard InChI is InChI=1S/C60H40N4O/c1-3-39(31-30-38(2)57-62-58(42-18-6-4-7-19-42)64-59(63-57)43-20-8-5-9-21-43)40-32-34-41(35-33-40)55-47-36-37-51-56(54(47)46-24-12-16-28-52(46)61-55)65-53-29-17-15-27-50(53)60(51)48-25-13-10-22-44(48)45-23-11-14-26-49(45)60/h3-37H,1H2,2H3/b38-30+,39-31+. The van der Waals surface area contributed by atoms with Crippen LogP contribution in [0.5, 0.6) is 11.5 Å². The van der Waals surface area contributed by atoms with Crippen molar-refractivity contribution in [1.29, 1.82) is 0 Å². The van der Waals surface area contributed by atoms with E-state index in [1.807, 2.05) is 73.7 Å². The number of fused-ring (bicyclic) bond motifs is 13. The van der Waals surface area contributed by atoms with Crippen molar-refractivity contribution in [1.82, 2.24) is 19.9 Å². The van der Waals surface area contributed by atoms with Crippen LogP contribution in [0.15, 0.2) is 219 Å². The SMILES string of the molecule is C=C/C(=C\C=C(/C)c1nc(-c2ccccc2)nc(-c2ccccc2)n1)c1ccc(-c2nc3ccccc3c3c4c(ccc23)C2(c3ccccc3O4)c3ccccc3-c3ccccc32)cc1. The number of aromatic nitrogens is 4. The summed E-state index contributed by atoms with van der Waals surface area (Å²) in [5.41, 5.74) is 14.4. The average molecular weight is 833 g/mol. The van der Waals surface area contributed by atoms with Crippen LogP contribution in [-0.2, 0) is 5.41 Å². The zero-order valence-electron chi connectivity index (χ0n) is 35.6. The van der Waals surface area contributed by atoms with E-state index in [0.29, 0.717) is 17.5 Å². The van der Waals surface area contributed by atoms with Crippen LogP contribution in [0.25, 0.3) is 78.0 Å². The topological polar surface area (TPSA) is 60.8 Å². The Bertz CT molecular complexity index is 3490. The Balaban J connectivity index is 0.965. The molecule has 0 amide bonds. The van der Waals surface area contributed by atoms with E-state index in [0.717, 1.165) is 83.4 Å². The molecule has 8 aromatic carbocycles. The lowest BCUT2D eigenvalue weighted by Gasteiger charge is -2.40. The van der Waals surface area contributed by atoms with Gasteiger partial charge < -0.3 is 4.74 Å². The monoisotopic (exact) mass is 832 g/mol. The van der Waals surface area contributed by atoms with E-state index in [2.05, 4.69) is 152 Å². The summed E-state index contributed by atoms with van der Waals surface area (Å²) >= 11 is 0. The average Bonchev–Trinajstić information content (AvgIpc) is 3.67. The van der Waals surface area contributed by atoms with Gasteiger partial charge in [0.15, 0.2) is 17.5 Å². The molecule has 0 N–H and O–H groups in total. The molecule has 0 saturated heterocycles. The molecule has 5 heteroatoms. The zero-order valence-corrected chi connectivity index (χ0v) is 35.6. The Labute approximate surface area is 377 Å². The molecular formula is C60H40N4O. The predicted molar refractivity (Wildman–Crippen MR) is 265 cm³/mol. The molecule has 0 radical (unpaired) electrons. The lowest BCUT2D eigenvalue weighted by molar-refractivity contribution is 0.442. The van der Waals surface area contributed by atoms with Gasteiger partial charge >= 0.3 is 0 Å². The molecule has 0 bridgehead atoms. The van der Waals surface area contributed by atoms with Gasteiger partial charge in [0.05, 0.1) is 16.6 Å². The Morgan fingerprint density at radius 3 is 1.74 bits per heavy atom. The van der Waals surface area contributed by atoms with Gasteiger partial charge in [-0.25, -0.2) is 19.9 Å². The first kappa shape index (κ1) is 38.2. The highest BCUT2D eigenvalue weighted by Gasteiger charge is 2.51. The number of ether oxygens (including phenoxy) is 1. The highest BCUT2D eigenvalue weighted by molar-refractivity contribution is 6.15. The van der Waals surface area contributed by atoms with Gasteiger partial charge in [-0.1, -0.05) is 207 Å². The summed E-state index contributed by atoms with van der Waals surface area (Å²) in [7, 11) is 0. The number of allylic oxidation sites excluding steroid dienone is 5. The molecule has 2 aromatic heterocycles. The Kier molecular flexibility index (Phi) is 9.02. The fourth-order valence-electron chi connectivity index (χ4n) is 9.94. The molecule has 1 aliphatic carbocycles. The Morgan fingerprint density at radius 1 is 0.492 bits per heavy atom. The highest BCUT2D eigenvalue weighted by atomic mass is 16.5. The van der Waals surface area contributed by atoms with Gasteiger partial charge in [0.1, 0.15) is 11.5 Å². The fourth-order valence-corrected chi connectivity index (χ4v) is 9.94. The second-order valence-electron chi connectivity index (χ2n) is 16.6. The van der Waals surface area contributed by atoms with Gasteiger partial charge in [-0.05, 0) is 58.0 Å². The lowest BCUT2D eigenvalue weighted by atomic mass is 9.65. The number of hydrogen-bond acceptors (Lipinski definition) is 5. The fraction of sp³-hybridized carbons (Fsp3) is 0.0333. The molecule has 2 aliphatic rings. The maximum Gasteiger partial charge on any atom is 0.164 e. The van der Waals surface area contributed by atoms with Crippen molar-refractivity contribution in [2.24, 2.45) is 0 Å². The summed E-state index contributed by atoms with van der Waals surface area (Å²) in [6.07, 6.45) is 6.01. The van der Waals surface area contributed by atoms with Crippen molar-refractivity contribution in [2.45, 2.75) is 12.3 Å². The van der Waals surface area contributed by atoms with E-state index < -0.39 is 5.41 Å². The smallest absolute Gasteiger partial charge is 0.164 e. The van der Waals surface area contributed by atoms with Crippen LogP contribution in [0.3, 0.4) is 0 Å². The van der Waals surface area contributed by atoms with Gasteiger partial charge in [0, 0.05) is 44.0 Å². The second-order valence-corrected chi connectivity index (χ2v) is 16.6. The third-order valence-corrected chi connectivity index (χ3v) is 13.0. The number of rotatable bonds is 7. The summed E-state index contributed by atoms with van der Waals surface area (Å²) < 4.78 is 7.14. The highest BCUT2D eigenvalue weighted by Crippen LogP contribution is 2.63. The van der Waals surface area contributed by atoms with Crippen LogP contribution in [-0.4, -0.2) is 19.9 Å². The molecule has 0 fully saturated rings. The third-order valence-electron chi connectivity index (χ3n) is 13.0. The number of hydrogen-bond donors (Lipinski definition) is 0. The van der Waals surface area contributed by atoms with Crippen molar-refractivity contribution in [3.63, 3.8) is 0 Å². The normalized spacial score (nSPS) is 13.5. The molecule has 0 unspecified atom stereocenters. The van der Waals surface area contributed by atoms with Crippen LogP contribution in [0.4, 0.5) is 0 Å². The Hall–Kier alpha value is -8.54. The molecule has 10 aromatic rings. The minimum Gasteiger partial charge on any atom is -0.456 e. The molecule has 65 heavy (non-hydrogen) atoms. The summed E-state index contributed by atoms with van der Waals surface area (Å²) in [4.78, 5) is 20.0. The third kappa shape index (κ3) is 6.08. The van der Waals surface area contributed by atoms with E-state index in [9.17, 15) is 0 Å². The minimum absolute atomic E-state index is 0.560. The van der Waals surface area contributed by atoms with Crippen LogP contribution < -0.4 is 4.74 Å². The maximum atomic E-state index is 7.14. The molecule has 1 spiro atoms. The molecular weight excluding hydrogens is 793 g/mol. The van der Waals surface area contributed by atoms with E-state index in [1.54, 1.807) is 0 Å². The van der Waals surface area contributed by atoms with Gasteiger partial charge in [0.2, 0.25) is 0 Å². The quantitative estimate of drug-likeness (QED) is 0.118. The molecule has 306 valence electrons. The Morgan fingerprint density at radius 2 is 1.08 bits per heavy atom.